The fourth-order valence-corrected chi connectivity index (χ4v) is 2.97. The lowest BCUT2D eigenvalue weighted by molar-refractivity contribution is -0.303. The molecule has 0 aromatic heterocycles. The van der Waals surface area contributed by atoms with Crippen molar-refractivity contribution in [1.82, 2.24) is 5.32 Å². The second-order valence-electron chi connectivity index (χ2n) is 4.42. The van der Waals surface area contributed by atoms with Crippen LogP contribution < -0.4 is 5.32 Å². The zero-order valence-corrected chi connectivity index (χ0v) is 11.7. The van der Waals surface area contributed by atoms with E-state index in [4.69, 9.17) is 0 Å². The normalized spacial score (nSPS) is 22.8. The molecule has 1 N–H and O–H groups in total. The van der Waals surface area contributed by atoms with Crippen LogP contribution in [0.3, 0.4) is 0 Å². The molecule has 1 atom stereocenters. The maximum atomic E-state index is 12.1. The minimum atomic E-state index is -4.85. The van der Waals surface area contributed by atoms with Crippen molar-refractivity contribution in [2.75, 3.05) is 5.75 Å². The number of halogens is 3. The number of sulfone groups is 1. The molecule has 9 heteroatoms. The van der Waals surface area contributed by atoms with Gasteiger partial charge in [0.1, 0.15) is 0 Å². The molecule has 22 heavy (non-hydrogen) atoms. The molecule has 0 spiro atoms. The molecule has 0 aromatic rings. The lowest BCUT2D eigenvalue weighted by atomic mass is 10.2. The summed E-state index contributed by atoms with van der Waals surface area (Å²) in [5, 5.41) is 3.46. The SMILES string of the molecule is O=C(NC1C=CS(=O)(=O)C1)C1=CC=C=C(OC(F)(F)F)C=C1. The van der Waals surface area contributed by atoms with Gasteiger partial charge in [-0.05, 0) is 30.4 Å². The van der Waals surface area contributed by atoms with Crippen LogP contribution in [0.25, 0.3) is 0 Å². The standard InChI is InChI=1S/C13H10F3NO4S/c14-13(15,16)21-11-3-1-2-9(4-5-11)12(18)17-10-6-7-22(19,20)8-10/h1-2,4-7,10H,8H2,(H,17,18). The maximum Gasteiger partial charge on any atom is 0.573 e. The Morgan fingerprint density at radius 3 is 2.68 bits per heavy atom. The van der Waals surface area contributed by atoms with Crippen LogP contribution in [0.15, 0.2) is 52.9 Å². The van der Waals surface area contributed by atoms with Crippen molar-refractivity contribution in [3.05, 3.63) is 52.9 Å². The largest absolute Gasteiger partial charge is 0.573 e. The van der Waals surface area contributed by atoms with Gasteiger partial charge < -0.3 is 10.1 Å². The van der Waals surface area contributed by atoms with Gasteiger partial charge in [0.25, 0.3) is 5.91 Å². The molecule has 0 aromatic carbocycles. The highest BCUT2D eigenvalue weighted by atomic mass is 32.2. The summed E-state index contributed by atoms with van der Waals surface area (Å²) in [6.45, 7) is 0. The van der Waals surface area contributed by atoms with Crippen LogP contribution >= 0.6 is 0 Å². The zero-order valence-electron chi connectivity index (χ0n) is 10.9. The molecule has 2 aliphatic rings. The summed E-state index contributed by atoms with van der Waals surface area (Å²) >= 11 is 0. The van der Waals surface area contributed by atoms with E-state index in [-0.39, 0.29) is 11.3 Å². The van der Waals surface area contributed by atoms with Crippen LogP contribution in [0.2, 0.25) is 0 Å². The Morgan fingerprint density at radius 2 is 2.09 bits per heavy atom. The molecule has 0 saturated heterocycles. The van der Waals surface area contributed by atoms with E-state index >= 15 is 0 Å². The van der Waals surface area contributed by atoms with Crippen LogP contribution in [-0.2, 0) is 19.4 Å². The number of ether oxygens (including phenoxy) is 1. The Balaban J connectivity index is 2.00. The lowest BCUT2D eigenvalue weighted by Crippen LogP contribution is -2.36. The number of amides is 1. The lowest BCUT2D eigenvalue weighted by Gasteiger charge is -2.10. The molecule has 0 saturated carbocycles. The minimum Gasteiger partial charge on any atom is -0.398 e. The molecule has 0 bridgehead atoms. The number of nitrogens with one attached hydrogen (secondary N) is 1. The van der Waals surface area contributed by atoms with Gasteiger partial charge in [0, 0.05) is 11.0 Å². The number of hydrogen-bond donors (Lipinski definition) is 1. The van der Waals surface area contributed by atoms with Crippen molar-refractivity contribution in [2.24, 2.45) is 0 Å². The highest BCUT2D eigenvalue weighted by Crippen LogP contribution is 2.22. The van der Waals surface area contributed by atoms with Crippen molar-refractivity contribution in [2.45, 2.75) is 12.4 Å². The third-order valence-corrected chi connectivity index (χ3v) is 4.03. The molecule has 0 fully saturated rings. The zero-order chi connectivity index (χ0) is 16.4. The first-order valence-electron chi connectivity index (χ1n) is 5.97. The van der Waals surface area contributed by atoms with Gasteiger partial charge in [0.15, 0.2) is 15.6 Å². The van der Waals surface area contributed by atoms with Gasteiger partial charge in [0.2, 0.25) is 0 Å². The molecule has 1 unspecified atom stereocenters. The van der Waals surface area contributed by atoms with E-state index in [0.717, 1.165) is 23.6 Å². The highest BCUT2D eigenvalue weighted by molar-refractivity contribution is 7.94. The van der Waals surface area contributed by atoms with Gasteiger partial charge >= 0.3 is 6.36 Å². The monoisotopic (exact) mass is 333 g/mol. The van der Waals surface area contributed by atoms with Gasteiger partial charge in [-0.15, -0.1) is 13.2 Å². The summed E-state index contributed by atoms with van der Waals surface area (Å²) in [5.41, 5.74) is 2.27. The third-order valence-electron chi connectivity index (χ3n) is 2.64. The summed E-state index contributed by atoms with van der Waals surface area (Å²) in [7, 11) is -3.31. The number of allylic oxidation sites excluding steroid dienone is 2. The van der Waals surface area contributed by atoms with E-state index in [1.54, 1.807) is 0 Å². The van der Waals surface area contributed by atoms with Crippen molar-refractivity contribution in [3.63, 3.8) is 0 Å². The van der Waals surface area contributed by atoms with Gasteiger partial charge in [-0.3, -0.25) is 4.79 Å². The fourth-order valence-electron chi connectivity index (χ4n) is 1.74. The molecule has 1 heterocycles. The summed E-state index contributed by atoms with van der Waals surface area (Å²) < 4.78 is 62.4. The molecule has 0 radical (unpaired) electrons. The van der Waals surface area contributed by atoms with Gasteiger partial charge in [0.05, 0.1) is 11.8 Å². The summed E-state index contributed by atoms with van der Waals surface area (Å²) in [4.78, 5) is 11.9. The average Bonchev–Trinajstić information content (AvgIpc) is 2.58. The van der Waals surface area contributed by atoms with E-state index < -0.39 is 33.9 Å². The second-order valence-corrected chi connectivity index (χ2v) is 6.35. The smallest absolute Gasteiger partial charge is 0.398 e. The van der Waals surface area contributed by atoms with Crippen LogP contribution in [0.4, 0.5) is 13.2 Å². The molecular formula is C13H10F3NO4S. The topological polar surface area (TPSA) is 72.5 Å². The Morgan fingerprint density at radius 1 is 1.36 bits per heavy atom. The Kier molecular flexibility index (Phi) is 4.30. The predicted octanol–water partition coefficient (Wildman–Crippen LogP) is 1.48. The molecule has 1 amide bonds. The second kappa shape index (κ2) is 5.86. The van der Waals surface area contributed by atoms with Crippen molar-refractivity contribution in [1.29, 1.82) is 0 Å². The van der Waals surface area contributed by atoms with Crippen LogP contribution in [0.5, 0.6) is 0 Å². The van der Waals surface area contributed by atoms with Gasteiger partial charge in [-0.2, -0.15) is 0 Å². The number of carbonyl (C=O) groups excluding carboxylic acids is 1. The Bertz CT molecular complexity index is 738. The van der Waals surface area contributed by atoms with E-state index in [1.807, 2.05) is 0 Å². The van der Waals surface area contributed by atoms with Gasteiger partial charge in [-0.25, -0.2) is 8.42 Å². The van der Waals surface area contributed by atoms with E-state index in [0.29, 0.717) is 0 Å². The minimum absolute atomic E-state index is 0.0472. The van der Waals surface area contributed by atoms with E-state index in [1.165, 1.54) is 12.2 Å². The van der Waals surface area contributed by atoms with Crippen LogP contribution in [0, 0.1) is 0 Å². The third kappa shape index (κ3) is 4.64. The molecule has 1 aliphatic carbocycles. The highest BCUT2D eigenvalue weighted by Gasteiger charge is 2.31. The predicted molar refractivity (Wildman–Crippen MR) is 70.8 cm³/mol. The number of hydrogen-bond acceptors (Lipinski definition) is 4. The Hall–Kier alpha value is -2.25. The van der Waals surface area contributed by atoms with Crippen LogP contribution in [-0.4, -0.2) is 32.5 Å². The summed E-state index contributed by atoms with van der Waals surface area (Å²) in [5.74, 6) is -1.45. The van der Waals surface area contributed by atoms with E-state index in [9.17, 15) is 26.4 Å². The molecule has 118 valence electrons. The molecule has 1 aliphatic heterocycles. The Labute approximate surface area is 124 Å². The first-order chi connectivity index (χ1) is 10.1. The summed E-state index contributed by atoms with van der Waals surface area (Å²) in [6.07, 6.45) is 0.906. The average molecular weight is 333 g/mol. The summed E-state index contributed by atoms with van der Waals surface area (Å²) in [6, 6.07) is -0.669. The van der Waals surface area contributed by atoms with Gasteiger partial charge in [-0.1, -0.05) is 5.73 Å². The number of alkyl halides is 3. The molecular weight excluding hydrogens is 323 g/mol. The van der Waals surface area contributed by atoms with E-state index in [2.05, 4.69) is 15.8 Å². The van der Waals surface area contributed by atoms with Crippen molar-refractivity contribution >= 4 is 15.7 Å². The van der Waals surface area contributed by atoms with Crippen molar-refractivity contribution in [3.8, 4) is 0 Å². The maximum absolute atomic E-state index is 12.1. The first kappa shape index (κ1) is 16.1. The fraction of sp³-hybridized carbons (Fsp3) is 0.231. The quantitative estimate of drug-likeness (QED) is 0.794. The number of carbonyl (C=O) groups is 1. The molecule has 5 nitrogen and oxygen atoms in total. The number of rotatable bonds is 3. The van der Waals surface area contributed by atoms with Crippen molar-refractivity contribution < 1.29 is 31.1 Å². The molecule has 2 rings (SSSR count). The van der Waals surface area contributed by atoms with Crippen LogP contribution in [0.1, 0.15) is 0 Å². The first-order valence-corrected chi connectivity index (χ1v) is 7.69.